The van der Waals surface area contributed by atoms with Crippen molar-refractivity contribution in [1.29, 1.82) is 0 Å². The van der Waals surface area contributed by atoms with Crippen molar-refractivity contribution >= 4 is 52.1 Å². The number of anilines is 1. The molecule has 0 aliphatic heterocycles. The summed E-state index contributed by atoms with van der Waals surface area (Å²) >= 11 is 16.9. The van der Waals surface area contributed by atoms with E-state index in [1.165, 1.54) is 5.56 Å². The van der Waals surface area contributed by atoms with Crippen LogP contribution in [0.1, 0.15) is 22.8 Å². The second-order valence-electron chi connectivity index (χ2n) is 4.59. The summed E-state index contributed by atoms with van der Waals surface area (Å²) in [5, 5.41) is 6.58. The highest BCUT2D eigenvalue weighted by molar-refractivity contribution is 7.80. The SMILES string of the molecule is CCc1ccc(C(=O)NC(=S)Nc2ccc(Cl)c(Cl)c2)cc1. The van der Waals surface area contributed by atoms with Crippen molar-refractivity contribution in [3.05, 3.63) is 63.6 Å². The number of hydrogen-bond acceptors (Lipinski definition) is 2. The smallest absolute Gasteiger partial charge is 0.257 e. The Morgan fingerprint density at radius 3 is 2.36 bits per heavy atom. The number of rotatable bonds is 3. The first-order valence-electron chi connectivity index (χ1n) is 6.66. The molecular formula is C16H14Cl2N2OS. The maximum Gasteiger partial charge on any atom is 0.257 e. The zero-order valence-electron chi connectivity index (χ0n) is 11.8. The molecule has 2 rings (SSSR count). The number of thiocarbonyl (C=S) groups is 1. The van der Waals surface area contributed by atoms with Crippen molar-refractivity contribution < 1.29 is 4.79 Å². The summed E-state index contributed by atoms with van der Waals surface area (Å²) in [6.45, 7) is 2.06. The Bertz CT molecular complexity index is 702. The molecule has 114 valence electrons. The minimum Gasteiger partial charge on any atom is -0.332 e. The molecule has 0 saturated carbocycles. The Labute approximate surface area is 144 Å². The quantitative estimate of drug-likeness (QED) is 0.787. The van der Waals surface area contributed by atoms with E-state index >= 15 is 0 Å². The van der Waals surface area contributed by atoms with Gasteiger partial charge >= 0.3 is 0 Å². The van der Waals surface area contributed by atoms with E-state index in [0.717, 1.165) is 6.42 Å². The van der Waals surface area contributed by atoms with Gasteiger partial charge in [0.1, 0.15) is 0 Å². The van der Waals surface area contributed by atoms with Gasteiger partial charge in [0, 0.05) is 11.3 Å². The van der Waals surface area contributed by atoms with Gasteiger partial charge in [-0.2, -0.15) is 0 Å². The Balaban J connectivity index is 1.98. The molecule has 0 aromatic heterocycles. The van der Waals surface area contributed by atoms with Gasteiger partial charge in [0.25, 0.3) is 5.91 Å². The molecule has 6 heteroatoms. The zero-order valence-corrected chi connectivity index (χ0v) is 14.1. The van der Waals surface area contributed by atoms with E-state index in [-0.39, 0.29) is 11.0 Å². The second kappa shape index (κ2) is 7.58. The van der Waals surface area contributed by atoms with Gasteiger partial charge in [0.05, 0.1) is 10.0 Å². The third kappa shape index (κ3) is 4.44. The Morgan fingerprint density at radius 2 is 1.77 bits per heavy atom. The molecule has 0 fully saturated rings. The Kier molecular flexibility index (Phi) is 5.77. The van der Waals surface area contributed by atoms with Gasteiger partial charge in [-0.3, -0.25) is 10.1 Å². The molecule has 0 bridgehead atoms. The van der Waals surface area contributed by atoms with Crippen molar-refractivity contribution in [3.8, 4) is 0 Å². The lowest BCUT2D eigenvalue weighted by Gasteiger charge is -2.10. The normalized spacial score (nSPS) is 10.1. The van der Waals surface area contributed by atoms with E-state index in [1.807, 2.05) is 12.1 Å². The predicted molar refractivity (Wildman–Crippen MR) is 96.0 cm³/mol. The summed E-state index contributed by atoms with van der Waals surface area (Å²) in [4.78, 5) is 12.1. The minimum atomic E-state index is -0.264. The van der Waals surface area contributed by atoms with E-state index in [9.17, 15) is 4.79 Å². The molecule has 0 atom stereocenters. The van der Waals surface area contributed by atoms with Gasteiger partial charge in [-0.05, 0) is 54.5 Å². The number of carbonyl (C=O) groups excluding carboxylic acids is 1. The maximum absolute atomic E-state index is 12.1. The molecule has 1 amide bonds. The number of amides is 1. The maximum atomic E-state index is 12.1. The van der Waals surface area contributed by atoms with Crippen LogP contribution in [0.15, 0.2) is 42.5 Å². The number of hydrogen-bond donors (Lipinski definition) is 2. The van der Waals surface area contributed by atoms with Gasteiger partial charge in [-0.1, -0.05) is 42.3 Å². The molecule has 2 aromatic rings. The number of benzene rings is 2. The topological polar surface area (TPSA) is 41.1 Å². The average Bonchev–Trinajstić information content (AvgIpc) is 2.51. The van der Waals surface area contributed by atoms with E-state index in [0.29, 0.717) is 21.3 Å². The van der Waals surface area contributed by atoms with Gasteiger partial charge in [0.15, 0.2) is 5.11 Å². The number of carbonyl (C=O) groups is 1. The van der Waals surface area contributed by atoms with Crippen LogP contribution in [0.25, 0.3) is 0 Å². The van der Waals surface area contributed by atoms with E-state index in [2.05, 4.69) is 17.6 Å². The van der Waals surface area contributed by atoms with Crippen LogP contribution in [0.4, 0.5) is 5.69 Å². The third-order valence-electron chi connectivity index (χ3n) is 3.03. The highest BCUT2D eigenvalue weighted by Crippen LogP contribution is 2.24. The van der Waals surface area contributed by atoms with E-state index in [1.54, 1.807) is 30.3 Å². The first-order chi connectivity index (χ1) is 10.5. The highest BCUT2D eigenvalue weighted by Gasteiger charge is 2.08. The van der Waals surface area contributed by atoms with Crippen LogP contribution in [0, 0.1) is 0 Å². The fourth-order valence-electron chi connectivity index (χ4n) is 1.80. The summed E-state index contributed by atoms with van der Waals surface area (Å²) in [5.74, 6) is -0.264. The molecule has 0 unspecified atom stereocenters. The lowest BCUT2D eigenvalue weighted by molar-refractivity contribution is 0.0977. The molecule has 3 nitrogen and oxygen atoms in total. The van der Waals surface area contributed by atoms with Crippen molar-refractivity contribution in [2.45, 2.75) is 13.3 Å². The average molecular weight is 353 g/mol. The molecule has 0 spiro atoms. The molecule has 0 aliphatic rings. The van der Waals surface area contributed by atoms with Crippen LogP contribution >= 0.6 is 35.4 Å². The predicted octanol–water partition coefficient (Wildman–Crippen LogP) is 4.68. The third-order valence-corrected chi connectivity index (χ3v) is 3.97. The summed E-state index contributed by atoms with van der Waals surface area (Å²) < 4.78 is 0. The molecule has 0 saturated heterocycles. The molecule has 2 N–H and O–H groups in total. The van der Waals surface area contributed by atoms with Crippen molar-refractivity contribution in [1.82, 2.24) is 5.32 Å². The van der Waals surface area contributed by atoms with Crippen molar-refractivity contribution in [2.24, 2.45) is 0 Å². The van der Waals surface area contributed by atoms with Crippen LogP contribution in [-0.2, 0) is 6.42 Å². The van der Waals surface area contributed by atoms with Crippen molar-refractivity contribution in [2.75, 3.05) is 5.32 Å². The standard InChI is InChI=1S/C16H14Cl2N2OS/c1-2-10-3-5-11(6-4-10)15(21)20-16(22)19-12-7-8-13(17)14(18)9-12/h3-9H,2H2,1H3,(H2,19,20,21,22). The molecule has 0 heterocycles. The summed E-state index contributed by atoms with van der Waals surface area (Å²) in [5.41, 5.74) is 2.38. The zero-order chi connectivity index (χ0) is 16.1. The molecule has 0 aliphatic carbocycles. The summed E-state index contributed by atoms with van der Waals surface area (Å²) in [6.07, 6.45) is 0.930. The van der Waals surface area contributed by atoms with Crippen LogP contribution in [0.5, 0.6) is 0 Å². The van der Waals surface area contributed by atoms with Gasteiger partial charge in [-0.25, -0.2) is 0 Å². The number of nitrogens with one attached hydrogen (secondary N) is 2. The van der Waals surface area contributed by atoms with Crippen LogP contribution < -0.4 is 10.6 Å². The molecule has 2 aromatic carbocycles. The molecule has 22 heavy (non-hydrogen) atoms. The molecular weight excluding hydrogens is 339 g/mol. The molecule has 0 radical (unpaired) electrons. The number of aryl methyl sites for hydroxylation is 1. The van der Waals surface area contributed by atoms with Gasteiger partial charge < -0.3 is 5.32 Å². The van der Waals surface area contributed by atoms with Gasteiger partial charge in [-0.15, -0.1) is 0 Å². The van der Waals surface area contributed by atoms with E-state index < -0.39 is 0 Å². The number of halogens is 2. The largest absolute Gasteiger partial charge is 0.332 e. The van der Waals surface area contributed by atoms with Crippen LogP contribution in [0.2, 0.25) is 10.0 Å². The fraction of sp³-hybridized carbons (Fsp3) is 0.125. The van der Waals surface area contributed by atoms with Gasteiger partial charge in [0.2, 0.25) is 0 Å². The monoisotopic (exact) mass is 352 g/mol. The highest BCUT2D eigenvalue weighted by atomic mass is 35.5. The fourth-order valence-corrected chi connectivity index (χ4v) is 2.31. The summed E-state index contributed by atoms with van der Waals surface area (Å²) in [6, 6.07) is 12.4. The Morgan fingerprint density at radius 1 is 1.09 bits per heavy atom. The first kappa shape index (κ1) is 16.7. The second-order valence-corrected chi connectivity index (χ2v) is 5.81. The Hall–Kier alpha value is -1.62. The lowest BCUT2D eigenvalue weighted by atomic mass is 10.1. The minimum absolute atomic E-state index is 0.197. The lowest BCUT2D eigenvalue weighted by Crippen LogP contribution is -2.34. The first-order valence-corrected chi connectivity index (χ1v) is 7.82. The van der Waals surface area contributed by atoms with Crippen LogP contribution in [-0.4, -0.2) is 11.0 Å². The van der Waals surface area contributed by atoms with Crippen molar-refractivity contribution in [3.63, 3.8) is 0 Å². The summed E-state index contributed by atoms with van der Waals surface area (Å²) in [7, 11) is 0. The van der Waals surface area contributed by atoms with E-state index in [4.69, 9.17) is 35.4 Å². The van der Waals surface area contributed by atoms with Crippen LogP contribution in [0.3, 0.4) is 0 Å².